The number of aryl methyl sites for hydroxylation is 1. The maximum Gasteiger partial charge on any atom is 0.0314 e. The van der Waals surface area contributed by atoms with Crippen LogP contribution in [-0.4, -0.2) is 50.6 Å². The van der Waals surface area contributed by atoms with Gasteiger partial charge in [0, 0.05) is 18.8 Å². The van der Waals surface area contributed by atoms with Crippen molar-refractivity contribution >= 4 is 5.69 Å². The van der Waals surface area contributed by atoms with Gasteiger partial charge in [0.05, 0.1) is 0 Å². The fourth-order valence-corrected chi connectivity index (χ4v) is 1.72. The van der Waals surface area contributed by atoms with Crippen molar-refractivity contribution in [2.45, 2.75) is 12.8 Å². The molecule has 0 saturated carbocycles. The molecule has 0 unspecified atom stereocenters. The summed E-state index contributed by atoms with van der Waals surface area (Å²) in [6.07, 6.45) is 2.33. The summed E-state index contributed by atoms with van der Waals surface area (Å²) in [7, 11) is 6.41. The van der Waals surface area contributed by atoms with Gasteiger partial charge in [-0.25, -0.2) is 0 Å². The summed E-state index contributed by atoms with van der Waals surface area (Å²) < 4.78 is 0. The normalized spacial score (nSPS) is 11.4. The minimum atomic E-state index is 0.844. The predicted octanol–water partition coefficient (Wildman–Crippen LogP) is 1.69. The highest BCUT2D eigenvalue weighted by Gasteiger charge is 1.99. The summed E-state index contributed by atoms with van der Waals surface area (Å²) in [6.45, 7) is 3.41. The highest BCUT2D eigenvalue weighted by Crippen LogP contribution is 2.07. The van der Waals surface area contributed by atoms with E-state index in [9.17, 15) is 0 Å². The van der Waals surface area contributed by atoms with Crippen molar-refractivity contribution in [1.29, 1.82) is 0 Å². The van der Waals surface area contributed by atoms with E-state index >= 15 is 0 Å². The topological polar surface area (TPSA) is 32.5 Å². The number of nitrogen functional groups attached to an aromatic ring is 1. The molecule has 2 N–H and O–H groups in total. The summed E-state index contributed by atoms with van der Waals surface area (Å²) in [5.41, 5.74) is 7.88. The molecule has 0 radical (unpaired) electrons. The number of benzene rings is 1. The van der Waals surface area contributed by atoms with Gasteiger partial charge in [0.25, 0.3) is 0 Å². The maximum atomic E-state index is 5.66. The minimum Gasteiger partial charge on any atom is -0.399 e. The standard InChI is InChI=1S/C14H25N3/c1-16(2)11-12-17(3)10-4-5-13-6-8-14(15)9-7-13/h6-9H,4-5,10-12,15H2,1-3H3. The van der Waals surface area contributed by atoms with Crippen molar-refractivity contribution in [3.05, 3.63) is 29.8 Å². The SMILES string of the molecule is CN(C)CCN(C)CCCc1ccc(N)cc1. The van der Waals surface area contributed by atoms with Crippen molar-refractivity contribution in [3.63, 3.8) is 0 Å². The van der Waals surface area contributed by atoms with Gasteiger partial charge in [-0.05, 0) is 58.2 Å². The van der Waals surface area contributed by atoms with E-state index in [0.29, 0.717) is 0 Å². The fourth-order valence-electron chi connectivity index (χ4n) is 1.72. The number of likely N-dealkylation sites (N-methyl/N-ethyl adjacent to an activating group) is 2. The van der Waals surface area contributed by atoms with Crippen LogP contribution in [0, 0.1) is 0 Å². The third-order valence-corrected chi connectivity index (χ3v) is 2.91. The molecule has 0 aromatic heterocycles. The van der Waals surface area contributed by atoms with E-state index in [4.69, 9.17) is 5.73 Å². The Bertz CT molecular complexity index is 306. The van der Waals surface area contributed by atoms with Gasteiger partial charge in [-0.1, -0.05) is 12.1 Å². The Balaban J connectivity index is 2.16. The van der Waals surface area contributed by atoms with Crippen LogP contribution in [0.5, 0.6) is 0 Å². The van der Waals surface area contributed by atoms with Crippen molar-refractivity contribution < 1.29 is 0 Å². The van der Waals surface area contributed by atoms with Crippen molar-refractivity contribution in [3.8, 4) is 0 Å². The van der Waals surface area contributed by atoms with E-state index in [0.717, 1.165) is 31.7 Å². The highest BCUT2D eigenvalue weighted by molar-refractivity contribution is 5.39. The molecule has 0 saturated heterocycles. The molecule has 0 spiro atoms. The summed E-state index contributed by atoms with van der Waals surface area (Å²) in [5.74, 6) is 0. The Hall–Kier alpha value is -1.06. The van der Waals surface area contributed by atoms with Crippen LogP contribution in [0.25, 0.3) is 0 Å². The molecule has 3 heteroatoms. The zero-order chi connectivity index (χ0) is 12.7. The van der Waals surface area contributed by atoms with E-state index in [1.807, 2.05) is 12.1 Å². The number of nitrogens with zero attached hydrogens (tertiary/aromatic N) is 2. The molecule has 1 aromatic carbocycles. The van der Waals surface area contributed by atoms with Gasteiger partial charge in [-0.15, -0.1) is 0 Å². The third kappa shape index (κ3) is 6.29. The minimum absolute atomic E-state index is 0.844. The first-order valence-electron chi connectivity index (χ1n) is 6.25. The Morgan fingerprint density at radius 2 is 1.59 bits per heavy atom. The lowest BCUT2D eigenvalue weighted by atomic mass is 10.1. The van der Waals surface area contributed by atoms with Gasteiger partial charge in [0.15, 0.2) is 0 Å². The van der Waals surface area contributed by atoms with Crippen LogP contribution in [0.4, 0.5) is 5.69 Å². The zero-order valence-electron chi connectivity index (χ0n) is 11.3. The monoisotopic (exact) mass is 235 g/mol. The average molecular weight is 235 g/mol. The lowest BCUT2D eigenvalue weighted by molar-refractivity contribution is 0.280. The molecule has 0 aliphatic heterocycles. The van der Waals surface area contributed by atoms with Crippen molar-refractivity contribution in [2.24, 2.45) is 0 Å². The number of nitrogens with two attached hydrogens (primary N) is 1. The number of rotatable bonds is 7. The quantitative estimate of drug-likeness (QED) is 0.730. The molecular formula is C14H25N3. The summed E-state index contributed by atoms with van der Waals surface area (Å²) >= 11 is 0. The van der Waals surface area contributed by atoms with Crippen LogP contribution in [-0.2, 0) is 6.42 Å². The van der Waals surface area contributed by atoms with E-state index < -0.39 is 0 Å². The van der Waals surface area contributed by atoms with Gasteiger partial charge in [-0.3, -0.25) is 0 Å². The predicted molar refractivity (Wildman–Crippen MR) is 75.2 cm³/mol. The molecule has 0 bridgehead atoms. The first kappa shape index (κ1) is 14.0. The van der Waals surface area contributed by atoms with Gasteiger partial charge >= 0.3 is 0 Å². The highest BCUT2D eigenvalue weighted by atomic mass is 15.1. The second-order valence-corrected chi connectivity index (χ2v) is 4.95. The molecule has 1 aromatic rings. The van der Waals surface area contributed by atoms with Crippen molar-refractivity contribution in [1.82, 2.24) is 9.80 Å². The molecule has 96 valence electrons. The van der Waals surface area contributed by atoms with E-state index in [1.165, 1.54) is 12.0 Å². The summed E-state index contributed by atoms with van der Waals surface area (Å²) in [4.78, 5) is 4.60. The molecule has 3 nitrogen and oxygen atoms in total. The molecule has 0 atom stereocenters. The molecule has 0 aliphatic carbocycles. The van der Waals surface area contributed by atoms with Gasteiger partial charge in [-0.2, -0.15) is 0 Å². The smallest absolute Gasteiger partial charge is 0.0314 e. The zero-order valence-corrected chi connectivity index (χ0v) is 11.3. The molecular weight excluding hydrogens is 210 g/mol. The lowest BCUT2D eigenvalue weighted by Crippen LogP contribution is -2.29. The molecule has 0 fully saturated rings. The van der Waals surface area contributed by atoms with Crippen LogP contribution in [0.3, 0.4) is 0 Å². The summed E-state index contributed by atoms with van der Waals surface area (Å²) in [6, 6.07) is 8.19. The average Bonchev–Trinajstić information content (AvgIpc) is 2.29. The Morgan fingerprint density at radius 3 is 2.18 bits per heavy atom. The molecule has 0 heterocycles. The first-order valence-corrected chi connectivity index (χ1v) is 6.25. The van der Waals surface area contributed by atoms with E-state index in [-0.39, 0.29) is 0 Å². The van der Waals surface area contributed by atoms with Crippen LogP contribution < -0.4 is 5.73 Å². The Labute approximate surface area is 105 Å². The second-order valence-electron chi connectivity index (χ2n) is 4.95. The summed E-state index contributed by atoms with van der Waals surface area (Å²) in [5, 5.41) is 0. The van der Waals surface area contributed by atoms with Gasteiger partial charge in [0.2, 0.25) is 0 Å². The molecule has 0 amide bonds. The Morgan fingerprint density at radius 1 is 0.941 bits per heavy atom. The maximum absolute atomic E-state index is 5.66. The largest absolute Gasteiger partial charge is 0.399 e. The van der Waals surface area contributed by atoms with Gasteiger partial charge < -0.3 is 15.5 Å². The molecule has 0 aliphatic rings. The molecule has 1 rings (SSSR count). The Kier molecular flexibility index (Phi) is 6.01. The van der Waals surface area contributed by atoms with E-state index in [1.54, 1.807) is 0 Å². The van der Waals surface area contributed by atoms with Crippen LogP contribution in [0.2, 0.25) is 0 Å². The van der Waals surface area contributed by atoms with Gasteiger partial charge in [0.1, 0.15) is 0 Å². The molecule has 17 heavy (non-hydrogen) atoms. The third-order valence-electron chi connectivity index (χ3n) is 2.91. The number of hydrogen-bond acceptors (Lipinski definition) is 3. The van der Waals surface area contributed by atoms with Crippen LogP contribution >= 0.6 is 0 Å². The van der Waals surface area contributed by atoms with Crippen LogP contribution in [0.15, 0.2) is 24.3 Å². The second kappa shape index (κ2) is 7.30. The first-order chi connectivity index (χ1) is 8.08. The number of anilines is 1. The van der Waals surface area contributed by atoms with Crippen LogP contribution in [0.1, 0.15) is 12.0 Å². The van der Waals surface area contributed by atoms with Crippen molar-refractivity contribution in [2.75, 3.05) is 46.5 Å². The number of hydrogen-bond donors (Lipinski definition) is 1. The fraction of sp³-hybridized carbons (Fsp3) is 0.571. The lowest BCUT2D eigenvalue weighted by Gasteiger charge is -2.19. The van der Waals surface area contributed by atoms with E-state index in [2.05, 4.69) is 43.1 Å².